The molecule has 1 amide bonds. The van der Waals surface area contributed by atoms with E-state index in [9.17, 15) is 18.0 Å². The van der Waals surface area contributed by atoms with Crippen molar-refractivity contribution >= 4 is 65.8 Å². The third-order valence-electron chi connectivity index (χ3n) is 4.33. The van der Waals surface area contributed by atoms with E-state index in [0.29, 0.717) is 14.9 Å². The Morgan fingerprint density at radius 3 is 2.62 bits per heavy atom. The zero-order chi connectivity index (χ0) is 22.9. The first-order valence-corrected chi connectivity index (χ1v) is 11.7. The second-order valence-electron chi connectivity index (χ2n) is 6.55. The predicted octanol–water partition coefficient (Wildman–Crippen LogP) is 4.66. The molecule has 0 atom stereocenters. The lowest BCUT2D eigenvalue weighted by Crippen LogP contribution is -2.16. The lowest BCUT2D eigenvalue weighted by molar-refractivity contribution is 0.102. The van der Waals surface area contributed by atoms with Crippen molar-refractivity contribution in [2.24, 2.45) is 0 Å². The number of nitrogens with zero attached hydrogens (tertiary/aromatic N) is 1. The van der Waals surface area contributed by atoms with Crippen LogP contribution in [-0.2, 0) is 10.0 Å². The number of pyridine rings is 1. The van der Waals surface area contributed by atoms with Gasteiger partial charge in [-0.05, 0) is 52.3 Å². The molecule has 2 aromatic carbocycles. The summed E-state index contributed by atoms with van der Waals surface area (Å²) in [7, 11) is -4.04. The minimum atomic E-state index is -4.04. The van der Waals surface area contributed by atoms with E-state index >= 15 is 0 Å². The van der Waals surface area contributed by atoms with E-state index < -0.39 is 21.6 Å². The van der Waals surface area contributed by atoms with Crippen LogP contribution >= 0.6 is 27.5 Å². The molecule has 162 valence electrons. The van der Waals surface area contributed by atoms with Gasteiger partial charge in [0, 0.05) is 33.9 Å². The first kappa shape index (κ1) is 22.0. The highest BCUT2D eigenvalue weighted by Crippen LogP contribution is 2.27. The molecule has 0 aliphatic carbocycles. The minimum absolute atomic E-state index is 0.130. The van der Waals surface area contributed by atoms with Gasteiger partial charge in [0.2, 0.25) is 0 Å². The van der Waals surface area contributed by atoms with Crippen LogP contribution < -0.4 is 15.7 Å². The second kappa shape index (κ2) is 8.73. The Morgan fingerprint density at radius 2 is 1.84 bits per heavy atom. The molecular formula is C21H13BrClN3O5S. The molecule has 0 radical (unpaired) electrons. The Balaban J connectivity index is 1.60. The van der Waals surface area contributed by atoms with Gasteiger partial charge in [0.15, 0.2) is 10.6 Å². The first-order valence-electron chi connectivity index (χ1n) is 9.01. The molecule has 0 fully saturated rings. The molecule has 11 heteroatoms. The Hall–Kier alpha value is -3.21. The number of rotatable bonds is 5. The van der Waals surface area contributed by atoms with Crippen molar-refractivity contribution in [3.8, 4) is 0 Å². The average Bonchev–Trinajstić information content (AvgIpc) is 2.76. The number of sulfonamides is 1. The van der Waals surface area contributed by atoms with Gasteiger partial charge < -0.3 is 9.73 Å². The fourth-order valence-electron chi connectivity index (χ4n) is 2.87. The number of hydrogen-bond donors (Lipinski definition) is 2. The standard InChI is InChI=1S/C21H13BrClN3O5S/c22-16-10-14(5-6-17(16)23)26-32(29,30)18-11-13(8-9-24-18)25-21(28)15-3-1-2-12-4-7-19(27)31-20(12)15/h1-11,26H,(H,24,25,28). The molecule has 32 heavy (non-hydrogen) atoms. The van der Waals surface area contributed by atoms with Crippen molar-refractivity contribution < 1.29 is 17.6 Å². The van der Waals surface area contributed by atoms with E-state index in [1.54, 1.807) is 18.2 Å². The van der Waals surface area contributed by atoms with Gasteiger partial charge in [0.05, 0.1) is 16.3 Å². The van der Waals surface area contributed by atoms with Crippen LogP contribution in [0.3, 0.4) is 0 Å². The van der Waals surface area contributed by atoms with Gasteiger partial charge in [-0.2, -0.15) is 8.42 Å². The van der Waals surface area contributed by atoms with E-state index in [-0.39, 0.29) is 27.5 Å². The maximum Gasteiger partial charge on any atom is 0.336 e. The summed E-state index contributed by atoms with van der Waals surface area (Å²) < 4.78 is 33.6. The number of benzene rings is 2. The maximum atomic E-state index is 12.8. The number of halogens is 2. The summed E-state index contributed by atoms with van der Waals surface area (Å²) >= 11 is 9.17. The molecule has 2 N–H and O–H groups in total. The number of para-hydroxylation sites is 1. The Labute approximate surface area is 195 Å². The van der Waals surface area contributed by atoms with Gasteiger partial charge in [-0.1, -0.05) is 23.7 Å². The quantitative estimate of drug-likeness (QED) is 0.360. The molecule has 0 aliphatic rings. The molecule has 0 bridgehead atoms. The van der Waals surface area contributed by atoms with Crippen molar-refractivity contribution in [3.63, 3.8) is 0 Å². The van der Waals surface area contributed by atoms with Crippen LogP contribution in [0.2, 0.25) is 5.02 Å². The number of carbonyl (C=O) groups excluding carboxylic acids is 1. The zero-order valence-corrected chi connectivity index (χ0v) is 19.2. The summed E-state index contributed by atoms with van der Waals surface area (Å²) in [5.41, 5.74) is 0.149. The molecule has 0 aliphatic heterocycles. The van der Waals surface area contributed by atoms with Crippen molar-refractivity contribution in [3.05, 3.63) is 92.3 Å². The van der Waals surface area contributed by atoms with E-state index in [0.717, 1.165) is 0 Å². The molecule has 0 spiro atoms. The predicted molar refractivity (Wildman–Crippen MR) is 125 cm³/mol. The zero-order valence-electron chi connectivity index (χ0n) is 16.0. The smallest absolute Gasteiger partial charge is 0.336 e. The van der Waals surface area contributed by atoms with Crippen LogP contribution in [0.15, 0.2) is 85.6 Å². The number of anilines is 2. The van der Waals surface area contributed by atoms with Gasteiger partial charge >= 0.3 is 5.63 Å². The molecule has 2 heterocycles. The summed E-state index contributed by atoms with van der Waals surface area (Å²) in [5, 5.41) is 3.31. The molecule has 0 saturated carbocycles. The van der Waals surface area contributed by atoms with Gasteiger partial charge in [-0.15, -0.1) is 0 Å². The van der Waals surface area contributed by atoms with Crippen molar-refractivity contribution in [2.75, 3.05) is 10.0 Å². The fraction of sp³-hybridized carbons (Fsp3) is 0. The Bertz CT molecular complexity index is 1520. The van der Waals surface area contributed by atoms with Crippen molar-refractivity contribution in [1.82, 2.24) is 4.98 Å². The molecule has 4 rings (SSSR count). The highest BCUT2D eigenvalue weighted by molar-refractivity contribution is 9.10. The van der Waals surface area contributed by atoms with Crippen LogP contribution in [0.5, 0.6) is 0 Å². The van der Waals surface area contributed by atoms with Crippen LogP contribution in [0.25, 0.3) is 11.0 Å². The Kier molecular flexibility index (Phi) is 6.00. The number of hydrogen-bond acceptors (Lipinski definition) is 6. The number of carbonyl (C=O) groups is 1. The average molecular weight is 535 g/mol. The maximum absolute atomic E-state index is 12.8. The van der Waals surface area contributed by atoms with Gasteiger partial charge in [-0.25, -0.2) is 9.78 Å². The minimum Gasteiger partial charge on any atom is -0.422 e. The summed E-state index contributed by atoms with van der Waals surface area (Å²) in [6.45, 7) is 0. The van der Waals surface area contributed by atoms with Gasteiger partial charge in [0.1, 0.15) is 0 Å². The molecule has 4 aromatic rings. The second-order valence-corrected chi connectivity index (χ2v) is 9.44. The molecule has 0 saturated heterocycles. The lowest BCUT2D eigenvalue weighted by atomic mass is 10.1. The first-order chi connectivity index (χ1) is 15.2. The van der Waals surface area contributed by atoms with Crippen LogP contribution in [0, 0.1) is 0 Å². The highest BCUT2D eigenvalue weighted by atomic mass is 79.9. The van der Waals surface area contributed by atoms with E-state index in [4.69, 9.17) is 16.0 Å². The normalized spacial score (nSPS) is 11.3. The van der Waals surface area contributed by atoms with Crippen molar-refractivity contribution in [1.29, 1.82) is 0 Å². The molecule has 0 unspecified atom stereocenters. The summed E-state index contributed by atoms with van der Waals surface area (Å²) in [6.07, 6.45) is 1.26. The molecule has 2 aromatic heterocycles. The number of fused-ring (bicyclic) bond motifs is 1. The summed E-state index contributed by atoms with van der Waals surface area (Å²) in [6, 6.07) is 14.9. The van der Waals surface area contributed by atoms with E-state index in [1.165, 1.54) is 48.7 Å². The van der Waals surface area contributed by atoms with Crippen molar-refractivity contribution in [2.45, 2.75) is 5.03 Å². The SMILES string of the molecule is O=C(Nc1ccnc(S(=O)(=O)Nc2ccc(Cl)c(Br)c2)c1)c1cccc2ccc(=O)oc12. The topological polar surface area (TPSA) is 118 Å². The molecule has 8 nitrogen and oxygen atoms in total. The summed E-state index contributed by atoms with van der Waals surface area (Å²) in [5.74, 6) is -0.575. The van der Waals surface area contributed by atoms with Gasteiger partial charge in [-0.3, -0.25) is 9.52 Å². The molecular weight excluding hydrogens is 522 g/mol. The monoisotopic (exact) mass is 533 g/mol. The number of amides is 1. The largest absolute Gasteiger partial charge is 0.422 e. The summed E-state index contributed by atoms with van der Waals surface area (Å²) in [4.78, 5) is 28.2. The van der Waals surface area contributed by atoms with E-state index in [2.05, 4.69) is 31.0 Å². The fourth-order valence-corrected chi connectivity index (χ4v) is 4.39. The number of aromatic nitrogens is 1. The van der Waals surface area contributed by atoms with E-state index in [1.807, 2.05) is 0 Å². The van der Waals surface area contributed by atoms with Gasteiger partial charge in [0.25, 0.3) is 15.9 Å². The van der Waals surface area contributed by atoms with Crippen LogP contribution in [0.4, 0.5) is 11.4 Å². The Morgan fingerprint density at radius 1 is 1.03 bits per heavy atom. The number of nitrogens with one attached hydrogen (secondary N) is 2. The lowest BCUT2D eigenvalue weighted by Gasteiger charge is -2.10. The third-order valence-corrected chi connectivity index (χ3v) is 6.82. The third kappa shape index (κ3) is 4.67. The highest BCUT2D eigenvalue weighted by Gasteiger charge is 2.19. The van der Waals surface area contributed by atoms with Crippen LogP contribution in [-0.4, -0.2) is 19.3 Å². The van der Waals surface area contributed by atoms with Crippen LogP contribution in [0.1, 0.15) is 10.4 Å².